The van der Waals surface area contributed by atoms with Crippen LogP contribution in [-0.2, 0) is 11.0 Å². The van der Waals surface area contributed by atoms with Gasteiger partial charge in [0, 0.05) is 12.5 Å². The van der Waals surface area contributed by atoms with Gasteiger partial charge in [-0.05, 0) is 18.2 Å². The van der Waals surface area contributed by atoms with E-state index in [-0.39, 0.29) is 12.2 Å². The lowest BCUT2D eigenvalue weighted by molar-refractivity contribution is -0.137. The van der Waals surface area contributed by atoms with E-state index in [1.54, 1.807) is 0 Å². The van der Waals surface area contributed by atoms with Gasteiger partial charge < -0.3 is 16.2 Å². The number of carbonyl (C=O) groups is 1. The zero-order valence-corrected chi connectivity index (χ0v) is 9.58. The van der Waals surface area contributed by atoms with Gasteiger partial charge >= 0.3 is 6.18 Å². The first kappa shape index (κ1) is 14.3. The minimum absolute atomic E-state index is 0.0611. The van der Waals surface area contributed by atoms with Gasteiger partial charge in [0.15, 0.2) is 0 Å². The number of hydrogen-bond acceptors (Lipinski definition) is 3. The second kappa shape index (κ2) is 5.26. The lowest BCUT2D eigenvalue weighted by Crippen LogP contribution is -2.26. The monoisotopic (exact) mass is 262 g/mol. The fourth-order valence-electron chi connectivity index (χ4n) is 1.18. The fourth-order valence-corrected chi connectivity index (χ4v) is 1.18. The van der Waals surface area contributed by atoms with E-state index in [0.717, 1.165) is 12.1 Å². The number of anilines is 1. The van der Waals surface area contributed by atoms with Crippen molar-refractivity contribution in [3.63, 3.8) is 0 Å². The van der Waals surface area contributed by atoms with Gasteiger partial charge in [0.05, 0.1) is 11.3 Å². The number of alkyl halides is 3. The SMILES string of the molecule is CC(CN)C(=O)Nc1cc(C(F)(F)F)ccc1O. The normalized spacial score (nSPS) is 13.2. The predicted octanol–water partition coefficient (Wildman–Crippen LogP) is 1.94. The molecule has 1 aromatic carbocycles. The van der Waals surface area contributed by atoms with Crippen LogP contribution < -0.4 is 11.1 Å². The maximum atomic E-state index is 12.4. The molecule has 1 aromatic rings. The van der Waals surface area contributed by atoms with Gasteiger partial charge in [0.2, 0.25) is 5.91 Å². The Hall–Kier alpha value is -1.76. The molecule has 4 nitrogen and oxygen atoms in total. The van der Waals surface area contributed by atoms with Crippen molar-refractivity contribution in [1.29, 1.82) is 0 Å². The Labute approximate surface area is 102 Å². The van der Waals surface area contributed by atoms with Crippen molar-refractivity contribution in [2.24, 2.45) is 11.7 Å². The van der Waals surface area contributed by atoms with Crippen molar-refractivity contribution in [2.75, 3.05) is 11.9 Å². The van der Waals surface area contributed by atoms with Gasteiger partial charge in [-0.3, -0.25) is 4.79 Å². The summed E-state index contributed by atoms with van der Waals surface area (Å²) in [6.07, 6.45) is -4.54. The second-order valence-electron chi connectivity index (χ2n) is 3.86. The largest absolute Gasteiger partial charge is 0.506 e. The number of phenolic OH excluding ortho intramolecular Hbond substituents is 1. The van der Waals surface area contributed by atoms with Crippen LogP contribution in [0.1, 0.15) is 12.5 Å². The number of aromatic hydroxyl groups is 1. The summed E-state index contributed by atoms with van der Waals surface area (Å²) in [6, 6.07) is 2.29. The van der Waals surface area contributed by atoms with Gasteiger partial charge in [0.25, 0.3) is 0 Å². The Morgan fingerprint density at radius 1 is 1.50 bits per heavy atom. The van der Waals surface area contributed by atoms with Crippen LogP contribution in [0.4, 0.5) is 18.9 Å². The van der Waals surface area contributed by atoms with Crippen molar-refractivity contribution in [2.45, 2.75) is 13.1 Å². The number of carbonyl (C=O) groups excluding carboxylic acids is 1. The summed E-state index contributed by atoms with van der Waals surface area (Å²) in [7, 11) is 0. The van der Waals surface area contributed by atoms with E-state index in [0.29, 0.717) is 6.07 Å². The molecular weight excluding hydrogens is 249 g/mol. The molecule has 0 aliphatic rings. The third-order valence-electron chi connectivity index (χ3n) is 2.38. The number of phenols is 1. The molecule has 4 N–H and O–H groups in total. The zero-order valence-electron chi connectivity index (χ0n) is 9.58. The van der Waals surface area contributed by atoms with E-state index < -0.39 is 29.3 Å². The Kier molecular flexibility index (Phi) is 4.18. The summed E-state index contributed by atoms with van der Waals surface area (Å²) in [5.74, 6) is -1.54. The van der Waals surface area contributed by atoms with Crippen molar-refractivity contribution in [1.82, 2.24) is 0 Å². The first-order valence-corrected chi connectivity index (χ1v) is 5.17. The number of nitrogens with one attached hydrogen (secondary N) is 1. The van der Waals surface area contributed by atoms with Gasteiger partial charge in [-0.1, -0.05) is 6.92 Å². The summed E-state index contributed by atoms with van der Waals surface area (Å²) in [4.78, 5) is 11.5. The number of benzene rings is 1. The van der Waals surface area contributed by atoms with Gasteiger partial charge in [-0.25, -0.2) is 0 Å². The summed E-state index contributed by atoms with van der Waals surface area (Å²) < 4.78 is 37.3. The molecule has 0 aliphatic carbocycles. The number of halogens is 3. The van der Waals surface area contributed by atoms with Crippen LogP contribution in [0.15, 0.2) is 18.2 Å². The molecule has 1 rings (SSSR count). The predicted molar refractivity (Wildman–Crippen MR) is 60.0 cm³/mol. The van der Waals surface area contributed by atoms with E-state index in [1.165, 1.54) is 6.92 Å². The molecule has 0 aliphatic heterocycles. The van der Waals surface area contributed by atoms with Crippen LogP contribution in [0.5, 0.6) is 5.75 Å². The van der Waals surface area contributed by atoms with Crippen molar-refractivity contribution in [3.8, 4) is 5.75 Å². The minimum atomic E-state index is -4.54. The van der Waals surface area contributed by atoms with E-state index >= 15 is 0 Å². The lowest BCUT2D eigenvalue weighted by atomic mass is 10.1. The molecule has 0 bridgehead atoms. The van der Waals surface area contributed by atoms with E-state index in [1.807, 2.05) is 0 Å². The smallest absolute Gasteiger partial charge is 0.416 e. The fraction of sp³-hybridized carbons (Fsp3) is 0.364. The topological polar surface area (TPSA) is 75.4 Å². The standard InChI is InChI=1S/C11H13F3N2O2/c1-6(5-15)10(18)16-8-4-7(11(12,13)14)2-3-9(8)17/h2-4,6,17H,5,15H2,1H3,(H,16,18). The van der Waals surface area contributed by atoms with Gasteiger partial charge in [-0.2, -0.15) is 13.2 Å². The van der Waals surface area contributed by atoms with Crippen LogP contribution in [0.3, 0.4) is 0 Å². The van der Waals surface area contributed by atoms with Crippen LogP contribution >= 0.6 is 0 Å². The van der Waals surface area contributed by atoms with Crippen molar-refractivity contribution in [3.05, 3.63) is 23.8 Å². The molecule has 1 atom stereocenters. The third-order valence-corrected chi connectivity index (χ3v) is 2.38. The molecular formula is C11H13F3N2O2. The molecule has 1 amide bonds. The van der Waals surface area contributed by atoms with Crippen molar-refractivity contribution < 1.29 is 23.1 Å². The van der Waals surface area contributed by atoms with E-state index in [4.69, 9.17) is 5.73 Å². The molecule has 1 unspecified atom stereocenters. The quantitative estimate of drug-likeness (QED) is 0.729. The summed E-state index contributed by atoms with van der Waals surface area (Å²) >= 11 is 0. The highest BCUT2D eigenvalue weighted by Crippen LogP contribution is 2.34. The Balaban J connectivity index is 2.99. The maximum absolute atomic E-state index is 12.4. The van der Waals surface area contributed by atoms with Crippen LogP contribution in [-0.4, -0.2) is 17.6 Å². The molecule has 18 heavy (non-hydrogen) atoms. The van der Waals surface area contributed by atoms with E-state index in [9.17, 15) is 23.1 Å². The first-order valence-electron chi connectivity index (χ1n) is 5.17. The number of amides is 1. The average Bonchev–Trinajstić information content (AvgIpc) is 2.29. The van der Waals surface area contributed by atoms with Crippen LogP contribution in [0, 0.1) is 5.92 Å². The molecule has 0 radical (unpaired) electrons. The molecule has 0 heterocycles. The first-order chi connectivity index (χ1) is 8.25. The molecule has 100 valence electrons. The Morgan fingerprint density at radius 3 is 2.61 bits per heavy atom. The molecule has 0 saturated heterocycles. The van der Waals surface area contributed by atoms with Crippen LogP contribution in [0.25, 0.3) is 0 Å². The minimum Gasteiger partial charge on any atom is -0.506 e. The second-order valence-corrected chi connectivity index (χ2v) is 3.86. The lowest BCUT2D eigenvalue weighted by Gasteiger charge is -2.13. The van der Waals surface area contributed by atoms with Gasteiger partial charge in [-0.15, -0.1) is 0 Å². The molecule has 7 heteroatoms. The highest BCUT2D eigenvalue weighted by molar-refractivity contribution is 5.93. The summed E-state index contributed by atoms with van der Waals surface area (Å²) in [5, 5.41) is 11.6. The van der Waals surface area contributed by atoms with Gasteiger partial charge in [0.1, 0.15) is 5.75 Å². The maximum Gasteiger partial charge on any atom is 0.416 e. The van der Waals surface area contributed by atoms with E-state index in [2.05, 4.69) is 5.32 Å². The van der Waals surface area contributed by atoms with Crippen molar-refractivity contribution >= 4 is 11.6 Å². The molecule has 0 aromatic heterocycles. The Morgan fingerprint density at radius 2 is 2.11 bits per heavy atom. The molecule has 0 saturated carbocycles. The number of hydrogen-bond donors (Lipinski definition) is 3. The third kappa shape index (κ3) is 3.36. The highest BCUT2D eigenvalue weighted by Gasteiger charge is 2.31. The summed E-state index contributed by atoms with van der Waals surface area (Å²) in [5.41, 5.74) is 4.03. The number of rotatable bonds is 3. The molecule has 0 fully saturated rings. The summed E-state index contributed by atoms with van der Waals surface area (Å²) in [6.45, 7) is 1.59. The van der Waals surface area contributed by atoms with Crippen LogP contribution in [0.2, 0.25) is 0 Å². The number of nitrogens with two attached hydrogens (primary N) is 1. The molecule has 0 spiro atoms. The zero-order chi connectivity index (χ0) is 13.9. The highest BCUT2D eigenvalue weighted by atomic mass is 19.4. The average molecular weight is 262 g/mol. The Bertz CT molecular complexity index is 446.